The predicted octanol–water partition coefficient (Wildman–Crippen LogP) is 4.78. The second kappa shape index (κ2) is 6.14. The molecule has 0 radical (unpaired) electrons. The lowest BCUT2D eigenvalue weighted by Crippen LogP contribution is -2.07. The van der Waals surface area contributed by atoms with Gasteiger partial charge in [-0.15, -0.1) is 16.4 Å². The van der Waals surface area contributed by atoms with E-state index in [1.807, 2.05) is 0 Å². The van der Waals surface area contributed by atoms with Crippen LogP contribution in [-0.2, 0) is 6.18 Å². The first-order chi connectivity index (χ1) is 14.1. The van der Waals surface area contributed by atoms with Crippen molar-refractivity contribution in [3.63, 3.8) is 0 Å². The SMILES string of the molecule is Cc1cc(C(F)(F)F)nc2sc3c(ncn4nc(-c5cc(C)n(C(F)F)n5)nc34)c12. The number of nitrogens with zero attached hydrogens (tertiary/aromatic N) is 7. The smallest absolute Gasteiger partial charge is 0.234 e. The summed E-state index contributed by atoms with van der Waals surface area (Å²) in [6, 6.07) is 2.41. The molecule has 5 rings (SSSR count). The number of aryl methyl sites for hydroxylation is 2. The average Bonchev–Trinajstić information content (AvgIpc) is 3.33. The van der Waals surface area contributed by atoms with Gasteiger partial charge in [0.05, 0.1) is 5.52 Å². The number of halogens is 5. The van der Waals surface area contributed by atoms with E-state index in [4.69, 9.17) is 0 Å². The maximum absolute atomic E-state index is 13.1. The van der Waals surface area contributed by atoms with Gasteiger partial charge in [0.25, 0.3) is 0 Å². The molecule has 0 atom stereocenters. The normalized spacial score (nSPS) is 12.8. The molecule has 0 spiro atoms. The van der Waals surface area contributed by atoms with E-state index in [0.29, 0.717) is 31.5 Å². The van der Waals surface area contributed by atoms with Crippen LogP contribution >= 0.6 is 11.3 Å². The minimum absolute atomic E-state index is 0.102. The van der Waals surface area contributed by atoms with E-state index in [0.717, 1.165) is 17.4 Å². The number of alkyl halides is 5. The van der Waals surface area contributed by atoms with Crippen molar-refractivity contribution >= 4 is 37.4 Å². The Morgan fingerprint density at radius 3 is 2.50 bits per heavy atom. The Morgan fingerprint density at radius 2 is 1.83 bits per heavy atom. The zero-order chi connectivity index (χ0) is 21.4. The second-order valence-corrected chi connectivity index (χ2v) is 7.62. The molecule has 154 valence electrons. The maximum Gasteiger partial charge on any atom is 0.433 e. The van der Waals surface area contributed by atoms with Crippen molar-refractivity contribution in [2.75, 3.05) is 0 Å². The van der Waals surface area contributed by atoms with Crippen molar-refractivity contribution in [1.29, 1.82) is 0 Å². The van der Waals surface area contributed by atoms with Crippen molar-refractivity contribution < 1.29 is 22.0 Å². The molecule has 0 aliphatic heterocycles. The molecule has 13 heteroatoms. The number of rotatable bonds is 2. The molecule has 0 amide bonds. The van der Waals surface area contributed by atoms with E-state index < -0.39 is 18.4 Å². The van der Waals surface area contributed by atoms with E-state index in [-0.39, 0.29) is 22.0 Å². The highest BCUT2D eigenvalue weighted by molar-refractivity contribution is 7.26. The summed E-state index contributed by atoms with van der Waals surface area (Å²) in [7, 11) is 0. The van der Waals surface area contributed by atoms with E-state index in [1.54, 1.807) is 6.92 Å². The molecule has 0 aromatic carbocycles. The molecule has 30 heavy (non-hydrogen) atoms. The summed E-state index contributed by atoms with van der Waals surface area (Å²) in [6.45, 7) is 0.243. The van der Waals surface area contributed by atoms with Gasteiger partial charge in [-0.2, -0.15) is 27.1 Å². The Morgan fingerprint density at radius 1 is 1.07 bits per heavy atom. The predicted molar refractivity (Wildman–Crippen MR) is 98.4 cm³/mol. The van der Waals surface area contributed by atoms with Crippen LogP contribution in [-0.4, -0.2) is 34.3 Å². The number of fused-ring (bicyclic) bond motifs is 5. The number of pyridine rings is 1. The highest BCUT2D eigenvalue weighted by atomic mass is 32.1. The van der Waals surface area contributed by atoms with Gasteiger partial charge in [0, 0.05) is 11.1 Å². The third kappa shape index (κ3) is 2.72. The standard InChI is InChI=1S/C17H10F5N7S/c1-6-3-9(17(20,21)22)24-15-10(6)11-12(30-15)14-25-13(27-28(14)5-23-11)8-4-7(2)29(26-8)16(18)19/h3-5,16H,1-2H3. The second-order valence-electron chi connectivity index (χ2n) is 6.62. The lowest BCUT2D eigenvalue weighted by Gasteiger charge is -2.06. The van der Waals surface area contributed by atoms with Gasteiger partial charge < -0.3 is 0 Å². The van der Waals surface area contributed by atoms with Crippen LogP contribution in [0.4, 0.5) is 22.0 Å². The van der Waals surface area contributed by atoms with Crippen LogP contribution in [0.25, 0.3) is 37.6 Å². The zero-order valence-electron chi connectivity index (χ0n) is 15.2. The van der Waals surface area contributed by atoms with Gasteiger partial charge in [0.15, 0.2) is 5.65 Å². The zero-order valence-corrected chi connectivity index (χ0v) is 16.1. The lowest BCUT2D eigenvalue weighted by molar-refractivity contribution is -0.141. The molecule has 0 fully saturated rings. The molecule has 0 aliphatic carbocycles. The summed E-state index contributed by atoms with van der Waals surface area (Å²) in [6.07, 6.45) is -3.20. The molecule has 0 N–H and O–H groups in total. The van der Waals surface area contributed by atoms with Gasteiger partial charge in [0.1, 0.15) is 27.2 Å². The molecular weight excluding hydrogens is 429 g/mol. The topological polar surface area (TPSA) is 73.8 Å². The van der Waals surface area contributed by atoms with E-state index in [1.165, 1.54) is 23.8 Å². The summed E-state index contributed by atoms with van der Waals surface area (Å²) >= 11 is 1.01. The molecule has 5 aromatic rings. The number of hydrogen-bond donors (Lipinski definition) is 0. The van der Waals surface area contributed by atoms with Crippen LogP contribution in [0.2, 0.25) is 0 Å². The molecule has 0 saturated carbocycles. The highest BCUT2D eigenvalue weighted by Gasteiger charge is 2.33. The van der Waals surface area contributed by atoms with Gasteiger partial charge in [-0.05, 0) is 31.5 Å². The van der Waals surface area contributed by atoms with Crippen molar-refractivity contribution in [3.8, 4) is 11.5 Å². The third-order valence-corrected chi connectivity index (χ3v) is 5.66. The van der Waals surface area contributed by atoms with Crippen LogP contribution in [0.15, 0.2) is 18.5 Å². The first-order valence-corrected chi connectivity index (χ1v) is 9.32. The van der Waals surface area contributed by atoms with E-state index in [2.05, 4.69) is 25.1 Å². The third-order valence-electron chi connectivity index (χ3n) is 4.59. The van der Waals surface area contributed by atoms with Gasteiger partial charge in [-0.25, -0.2) is 24.1 Å². The lowest BCUT2D eigenvalue weighted by atomic mass is 10.1. The van der Waals surface area contributed by atoms with Crippen LogP contribution < -0.4 is 0 Å². The molecule has 5 heterocycles. The highest BCUT2D eigenvalue weighted by Crippen LogP contribution is 2.38. The van der Waals surface area contributed by atoms with Crippen molar-refractivity contribution in [2.24, 2.45) is 0 Å². The first kappa shape index (κ1) is 18.8. The van der Waals surface area contributed by atoms with E-state index >= 15 is 0 Å². The quantitative estimate of drug-likeness (QED) is 0.370. The Kier molecular flexibility index (Phi) is 3.84. The largest absolute Gasteiger partial charge is 0.433 e. The Balaban J connectivity index is 1.74. The van der Waals surface area contributed by atoms with Gasteiger partial charge >= 0.3 is 12.7 Å². The monoisotopic (exact) mass is 439 g/mol. The van der Waals surface area contributed by atoms with Gasteiger partial charge in [-0.1, -0.05) is 0 Å². The minimum atomic E-state index is -4.57. The fraction of sp³-hybridized carbons (Fsp3) is 0.235. The summed E-state index contributed by atoms with van der Waals surface area (Å²) in [5.74, 6) is 0.102. The summed E-state index contributed by atoms with van der Waals surface area (Å²) < 4.78 is 67.8. The number of aromatic nitrogens is 7. The molecule has 5 aromatic heterocycles. The Labute approximate surface area is 167 Å². The van der Waals surface area contributed by atoms with Crippen molar-refractivity contribution in [1.82, 2.24) is 34.3 Å². The summed E-state index contributed by atoms with van der Waals surface area (Å²) in [5.41, 5.74) is 0.583. The molecule has 0 unspecified atom stereocenters. The van der Waals surface area contributed by atoms with E-state index in [9.17, 15) is 22.0 Å². The van der Waals surface area contributed by atoms with Crippen LogP contribution in [0.5, 0.6) is 0 Å². The first-order valence-electron chi connectivity index (χ1n) is 8.50. The minimum Gasteiger partial charge on any atom is -0.234 e. The Hall–Kier alpha value is -3.22. The van der Waals surface area contributed by atoms with Gasteiger partial charge in [-0.3, -0.25) is 0 Å². The fourth-order valence-electron chi connectivity index (χ4n) is 3.26. The van der Waals surface area contributed by atoms with Crippen LogP contribution in [0.1, 0.15) is 23.5 Å². The summed E-state index contributed by atoms with van der Waals surface area (Å²) in [4.78, 5) is 12.6. The van der Waals surface area contributed by atoms with Crippen molar-refractivity contribution in [3.05, 3.63) is 35.4 Å². The molecule has 7 nitrogen and oxygen atoms in total. The Bertz CT molecular complexity index is 1450. The van der Waals surface area contributed by atoms with Gasteiger partial charge in [0.2, 0.25) is 5.82 Å². The fourth-order valence-corrected chi connectivity index (χ4v) is 4.44. The van der Waals surface area contributed by atoms with Crippen molar-refractivity contribution in [2.45, 2.75) is 26.6 Å². The molecule has 0 aliphatic rings. The molecular formula is C17H10F5N7S. The average molecular weight is 439 g/mol. The molecule has 0 bridgehead atoms. The van der Waals surface area contributed by atoms with Crippen LogP contribution in [0, 0.1) is 13.8 Å². The number of hydrogen-bond acceptors (Lipinski definition) is 6. The maximum atomic E-state index is 13.1. The summed E-state index contributed by atoms with van der Waals surface area (Å²) in [5, 5.41) is 8.56. The van der Waals surface area contributed by atoms with Crippen LogP contribution in [0.3, 0.4) is 0 Å². The molecule has 0 saturated heterocycles. The number of thiophene rings is 1.